The van der Waals surface area contributed by atoms with Gasteiger partial charge in [0.15, 0.2) is 0 Å². The van der Waals surface area contributed by atoms with E-state index >= 15 is 0 Å². The summed E-state index contributed by atoms with van der Waals surface area (Å²) in [6.07, 6.45) is 11.1. The highest BCUT2D eigenvalue weighted by Crippen LogP contribution is 2.37. The SMILES string of the molecule is C#CCC(CC#C)(C(=O)O)[C@@H](CNC(C)(C)C)COc1nsnc1N1CCOCC1. The van der Waals surface area contributed by atoms with Crippen molar-refractivity contribution in [2.45, 2.75) is 39.2 Å². The number of carboxylic acid groups (broad SMARTS) is 1. The van der Waals surface area contributed by atoms with E-state index in [9.17, 15) is 9.90 Å². The molecule has 0 spiro atoms. The van der Waals surface area contributed by atoms with Gasteiger partial charge in [0.1, 0.15) is 0 Å². The molecule has 0 aromatic carbocycles. The maximum atomic E-state index is 12.3. The van der Waals surface area contributed by atoms with Crippen LogP contribution in [0.3, 0.4) is 0 Å². The van der Waals surface area contributed by atoms with Crippen LogP contribution in [0, 0.1) is 36.0 Å². The van der Waals surface area contributed by atoms with Crippen molar-refractivity contribution in [2.75, 3.05) is 44.4 Å². The van der Waals surface area contributed by atoms with Gasteiger partial charge in [-0.1, -0.05) is 0 Å². The maximum Gasteiger partial charge on any atom is 0.312 e. The van der Waals surface area contributed by atoms with E-state index in [1.165, 1.54) is 0 Å². The minimum atomic E-state index is -1.30. The molecule has 1 fully saturated rings. The summed E-state index contributed by atoms with van der Waals surface area (Å²) in [7, 11) is 0. The first-order valence-electron chi connectivity index (χ1n) is 9.87. The van der Waals surface area contributed by atoms with Crippen molar-refractivity contribution in [3.05, 3.63) is 0 Å². The van der Waals surface area contributed by atoms with Crippen molar-refractivity contribution in [2.24, 2.45) is 11.3 Å². The Morgan fingerprint density at radius 2 is 1.93 bits per heavy atom. The molecule has 30 heavy (non-hydrogen) atoms. The van der Waals surface area contributed by atoms with Gasteiger partial charge in [0.05, 0.1) is 37.0 Å². The maximum absolute atomic E-state index is 12.3. The zero-order valence-electron chi connectivity index (χ0n) is 17.8. The van der Waals surface area contributed by atoms with Gasteiger partial charge in [-0.25, -0.2) is 0 Å². The van der Waals surface area contributed by atoms with Gasteiger partial charge in [-0.2, -0.15) is 4.37 Å². The molecule has 0 saturated carbocycles. The Kier molecular flexibility index (Phi) is 8.48. The lowest BCUT2D eigenvalue weighted by atomic mass is 9.70. The molecule has 0 aliphatic carbocycles. The third-order valence-corrected chi connectivity index (χ3v) is 5.60. The van der Waals surface area contributed by atoms with E-state index in [0.717, 1.165) is 11.7 Å². The van der Waals surface area contributed by atoms with Crippen molar-refractivity contribution in [1.82, 2.24) is 14.1 Å². The fourth-order valence-corrected chi connectivity index (χ4v) is 3.82. The number of nitrogens with one attached hydrogen (secondary N) is 1. The van der Waals surface area contributed by atoms with E-state index in [2.05, 4.69) is 30.8 Å². The van der Waals surface area contributed by atoms with Gasteiger partial charge in [-0.3, -0.25) is 4.79 Å². The summed E-state index contributed by atoms with van der Waals surface area (Å²) in [5.74, 6) is 4.55. The van der Waals surface area contributed by atoms with Crippen LogP contribution in [-0.4, -0.2) is 64.8 Å². The van der Waals surface area contributed by atoms with Gasteiger partial charge < -0.3 is 24.8 Å². The number of anilines is 1. The number of aromatic nitrogens is 2. The number of carboxylic acids is 1. The molecule has 1 aliphatic rings. The third-order valence-electron chi connectivity index (χ3n) is 5.10. The fraction of sp³-hybridized carbons (Fsp3) is 0.667. The van der Waals surface area contributed by atoms with E-state index in [4.69, 9.17) is 22.3 Å². The van der Waals surface area contributed by atoms with Crippen LogP contribution < -0.4 is 15.0 Å². The van der Waals surface area contributed by atoms with Gasteiger partial charge in [-0.15, -0.1) is 29.1 Å². The molecule has 1 atom stereocenters. The van der Waals surface area contributed by atoms with Crippen LogP contribution >= 0.6 is 11.7 Å². The van der Waals surface area contributed by atoms with Crippen LogP contribution in [0.2, 0.25) is 0 Å². The van der Waals surface area contributed by atoms with Crippen LogP contribution in [0.5, 0.6) is 5.88 Å². The third kappa shape index (κ3) is 6.09. The highest BCUT2D eigenvalue weighted by molar-refractivity contribution is 6.99. The summed E-state index contributed by atoms with van der Waals surface area (Å²) in [6, 6.07) is 0. The van der Waals surface area contributed by atoms with E-state index in [0.29, 0.717) is 44.5 Å². The molecule has 0 unspecified atom stereocenters. The summed E-state index contributed by atoms with van der Waals surface area (Å²) >= 11 is 1.06. The number of hydrogen-bond donors (Lipinski definition) is 2. The minimum Gasteiger partial charge on any atom is -0.481 e. The number of aliphatic carboxylic acids is 1. The molecule has 1 aliphatic heterocycles. The van der Waals surface area contributed by atoms with Crippen molar-refractivity contribution in [3.8, 4) is 30.6 Å². The van der Waals surface area contributed by atoms with Crippen LogP contribution in [-0.2, 0) is 9.53 Å². The standard InChI is InChI=1S/C21H30N4O4S/c1-6-8-21(9-7-2,19(26)27)16(14-22-20(3,4)5)15-29-18-17(23-30-24-18)25-10-12-28-13-11-25/h1-2,16,22H,8-15H2,3-5H3,(H,26,27)/t16-/m0/s1. The number of ether oxygens (including phenoxy) is 2. The second-order valence-corrected chi connectivity index (χ2v) is 8.88. The molecule has 1 aromatic heterocycles. The first-order chi connectivity index (χ1) is 14.2. The molecule has 164 valence electrons. The summed E-state index contributed by atoms with van der Waals surface area (Å²) in [5.41, 5.74) is -1.51. The smallest absolute Gasteiger partial charge is 0.312 e. The monoisotopic (exact) mass is 434 g/mol. The Hall–Kier alpha value is -2.33. The van der Waals surface area contributed by atoms with Gasteiger partial charge in [-0.05, 0) is 20.8 Å². The molecule has 9 heteroatoms. The lowest BCUT2D eigenvalue weighted by Crippen LogP contribution is -2.49. The summed E-state index contributed by atoms with van der Waals surface area (Å²) in [4.78, 5) is 14.4. The highest BCUT2D eigenvalue weighted by atomic mass is 32.1. The Morgan fingerprint density at radius 3 is 2.47 bits per heavy atom. The van der Waals surface area contributed by atoms with Crippen LogP contribution in [0.4, 0.5) is 5.82 Å². The largest absolute Gasteiger partial charge is 0.481 e. The summed E-state index contributed by atoms with van der Waals surface area (Å²) in [6.45, 7) is 9.13. The molecule has 2 N–H and O–H groups in total. The molecule has 0 radical (unpaired) electrons. The van der Waals surface area contributed by atoms with Crippen molar-refractivity contribution in [1.29, 1.82) is 0 Å². The number of hydrogen-bond acceptors (Lipinski definition) is 8. The lowest BCUT2D eigenvalue weighted by Gasteiger charge is -2.36. The first kappa shape index (κ1) is 23.9. The minimum absolute atomic E-state index is 0.0119. The van der Waals surface area contributed by atoms with E-state index in [1.54, 1.807) is 0 Å². The Balaban J connectivity index is 2.25. The number of morpholine rings is 1. The van der Waals surface area contributed by atoms with Gasteiger partial charge in [0, 0.05) is 43.9 Å². The lowest BCUT2D eigenvalue weighted by molar-refractivity contribution is -0.153. The van der Waals surface area contributed by atoms with E-state index in [-0.39, 0.29) is 25.0 Å². The van der Waals surface area contributed by atoms with Crippen molar-refractivity contribution >= 4 is 23.5 Å². The Bertz CT molecular complexity index is 768. The van der Waals surface area contributed by atoms with E-state index < -0.39 is 17.3 Å². The zero-order chi connectivity index (χ0) is 22.2. The second kappa shape index (κ2) is 10.6. The molecule has 1 aromatic rings. The first-order valence-corrected chi connectivity index (χ1v) is 10.6. The van der Waals surface area contributed by atoms with Crippen LogP contribution in [0.15, 0.2) is 0 Å². The number of carbonyl (C=O) groups is 1. The van der Waals surface area contributed by atoms with Crippen molar-refractivity contribution in [3.63, 3.8) is 0 Å². The van der Waals surface area contributed by atoms with E-state index in [1.807, 2.05) is 20.8 Å². The Morgan fingerprint density at radius 1 is 1.30 bits per heavy atom. The van der Waals surface area contributed by atoms with Gasteiger partial charge in [0.25, 0.3) is 5.88 Å². The average Bonchev–Trinajstić information content (AvgIpc) is 3.16. The predicted molar refractivity (Wildman–Crippen MR) is 117 cm³/mol. The average molecular weight is 435 g/mol. The van der Waals surface area contributed by atoms with Crippen molar-refractivity contribution < 1.29 is 19.4 Å². The second-order valence-electron chi connectivity index (χ2n) is 8.35. The van der Waals surface area contributed by atoms with Crippen LogP contribution in [0.25, 0.3) is 0 Å². The Labute approximate surface area is 182 Å². The topological polar surface area (TPSA) is 96.8 Å². The summed E-state index contributed by atoms with van der Waals surface area (Å²) in [5, 5.41) is 13.4. The zero-order valence-corrected chi connectivity index (χ0v) is 18.6. The highest BCUT2D eigenvalue weighted by Gasteiger charge is 2.45. The van der Waals surface area contributed by atoms with Crippen LogP contribution in [0.1, 0.15) is 33.6 Å². The molecule has 0 amide bonds. The normalized spacial score (nSPS) is 15.8. The number of rotatable bonds is 10. The molecule has 1 saturated heterocycles. The molecular weight excluding hydrogens is 404 g/mol. The molecule has 8 nitrogen and oxygen atoms in total. The number of nitrogens with zero attached hydrogens (tertiary/aromatic N) is 3. The predicted octanol–water partition coefficient (Wildman–Crippen LogP) is 1.88. The van der Waals surface area contributed by atoms with Gasteiger partial charge >= 0.3 is 5.97 Å². The summed E-state index contributed by atoms with van der Waals surface area (Å²) < 4.78 is 20.0. The van der Waals surface area contributed by atoms with Gasteiger partial charge in [0.2, 0.25) is 5.82 Å². The molecule has 2 heterocycles. The number of terminal acetylenes is 2. The molecule has 2 rings (SSSR count). The quantitative estimate of drug-likeness (QED) is 0.539. The fourth-order valence-electron chi connectivity index (χ4n) is 3.30. The molecule has 0 bridgehead atoms. The molecular formula is C21H30N4O4S.